The van der Waals surface area contributed by atoms with Crippen molar-refractivity contribution in [1.82, 2.24) is 5.32 Å². The molecule has 4 rings (SSSR count). The summed E-state index contributed by atoms with van der Waals surface area (Å²) in [5.41, 5.74) is 2.70. The SMILES string of the molecule is COC(=O)[C@H]1C(=O)C2=C(C[C@H]1C)NC(C)=C(C(=O)OC1CCCC1)[C@@H]2c1ccc(OC)cc1OC. The van der Waals surface area contributed by atoms with E-state index in [4.69, 9.17) is 18.9 Å². The Hall–Kier alpha value is -3.29. The van der Waals surface area contributed by atoms with E-state index in [2.05, 4.69) is 5.32 Å². The van der Waals surface area contributed by atoms with Crippen LogP contribution in [0, 0.1) is 11.8 Å². The first-order chi connectivity index (χ1) is 16.8. The van der Waals surface area contributed by atoms with Gasteiger partial charge in [0, 0.05) is 28.6 Å². The van der Waals surface area contributed by atoms with Crippen LogP contribution in [0.1, 0.15) is 57.4 Å². The molecule has 1 N–H and O–H groups in total. The molecule has 0 aromatic heterocycles. The lowest BCUT2D eigenvalue weighted by Crippen LogP contribution is -2.43. The van der Waals surface area contributed by atoms with Crippen LogP contribution in [0.2, 0.25) is 0 Å². The van der Waals surface area contributed by atoms with E-state index in [9.17, 15) is 14.4 Å². The van der Waals surface area contributed by atoms with Crippen molar-refractivity contribution in [3.63, 3.8) is 0 Å². The molecule has 1 heterocycles. The number of carbonyl (C=O) groups excluding carboxylic acids is 3. The number of hydrogen-bond acceptors (Lipinski definition) is 8. The molecule has 0 bridgehead atoms. The smallest absolute Gasteiger partial charge is 0.337 e. The van der Waals surface area contributed by atoms with E-state index in [0.29, 0.717) is 46.0 Å². The van der Waals surface area contributed by atoms with Gasteiger partial charge in [0.05, 0.1) is 32.8 Å². The number of methoxy groups -OCH3 is 3. The van der Waals surface area contributed by atoms with E-state index < -0.39 is 23.8 Å². The second kappa shape index (κ2) is 10.1. The molecule has 1 saturated carbocycles. The molecule has 3 atom stereocenters. The van der Waals surface area contributed by atoms with E-state index >= 15 is 0 Å². The van der Waals surface area contributed by atoms with Crippen molar-refractivity contribution in [2.45, 2.75) is 58.0 Å². The van der Waals surface area contributed by atoms with Crippen molar-refractivity contribution in [3.05, 3.63) is 46.3 Å². The highest BCUT2D eigenvalue weighted by atomic mass is 16.5. The third-order valence-corrected chi connectivity index (χ3v) is 7.29. The quantitative estimate of drug-likeness (QED) is 0.482. The van der Waals surface area contributed by atoms with Gasteiger partial charge in [-0.25, -0.2) is 4.79 Å². The lowest BCUT2D eigenvalue weighted by atomic mass is 9.69. The highest BCUT2D eigenvalue weighted by Gasteiger charge is 2.48. The standard InChI is InChI=1S/C27H33NO7/c1-14-12-19-24(25(29)21(14)26(30)34-5)23(18-11-10-17(32-3)13-20(18)33-4)22(15(2)28-19)27(31)35-16-8-6-7-9-16/h10-11,13-14,16,21,23,28H,6-9,12H2,1-5H3/t14-,21-,23+/m1/s1. The fourth-order valence-electron chi connectivity index (χ4n) is 5.54. The van der Waals surface area contributed by atoms with E-state index in [1.54, 1.807) is 25.3 Å². The summed E-state index contributed by atoms with van der Waals surface area (Å²) in [6, 6.07) is 5.29. The normalized spacial score (nSPS) is 24.6. The molecule has 8 heteroatoms. The maximum absolute atomic E-state index is 13.9. The zero-order valence-corrected chi connectivity index (χ0v) is 20.9. The number of Topliss-reactive ketones (excluding diaryl/α,β-unsaturated/α-hetero) is 1. The van der Waals surface area contributed by atoms with E-state index in [1.165, 1.54) is 14.2 Å². The molecule has 3 aliphatic rings. The minimum absolute atomic E-state index is 0.138. The van der Waals surface area contributed by atoms with Crippen LogP contribution in [-0.2, 0) is 23.9 Å². The second-order valence-corrected chi connectivity index (χ2v) is 9.46. The Labute approximate surface area is 205 Å². The third-order valence-electron chi connectivity index (χ3n) is 7.29. The molecule has 2 aliphatic carbocycles. The average molecular weight is 484 g/mol. The van der Waals surface area contributed by atoms with Gasteiger partial charge in [0.2, 0.25) is 0 Å². The topological polar surface area (TPSA) is 100 Å². The molecule has 1 aromatic carbocycles. The summed E-state index contributed by atoms with van der Waals surface area (Å²) in [5, 5.41) is 3.29. The molecule has 1 fully saturated rings. The van der Waals surface area contributed by atoms with Crippen LogP contribution in [0.4, 0.5) is 0 Å². The summed E-state index contributed by atoms with van der Waals surface area (Å²) in [6.07, 6.45) is 4.04. The van der Waals surface area contributed by atoms with Crippen LogP contribution in [0.5, 0.6) is 11.5 Å². The zero-order chi connectivity index (χ0) is 25.3. The van der Waals surface area contributed by atoms with Crippen LogP contribution in [-0.4, -0.2) is 45.2 Å². The lowest BCUT2D eigenvalue weighted by molar-refractivity contribution is -0.151. The summed E-state index contributed by atoms with van der Waals surface area (Å²) in [6.45, 7) is 3.68. The largest absolute Gasteiger partial charge is 0.497 e. The first-order valence-electron chi connectivity index (χ1n) is 12.1. The molecular weight excluding hydrogens is 450 g/mol. The van der Waals surface area contributed by atoms with Gasteiger partial charge in [-0.1, -0.05) is 13.0 Å². The number of ketones is 1. The Kier molecular flexibility index (Phi) is 7.19. The second-order valence-electron chi connectivity index (χ2n) is 9.46. The molecule has 0 unspecified atom stereocenters. The summed E-state index contributed by atoms with van der Waals surface area (Å²) in [4.78, 5) is 40.0. The van der Waals surface area contributed by atoms with E-state index in [0.717, 1.165) is 25.7 Å². The van der Waals surface area contributed by atoms with Crippen molar-refractivity contribution in [1.29, 1.82) is 0 Å². The minimum atomic E-state index is -0.946. The first kappa shape index (κ1) is 24.8. The monoisotopic (exact) mass is 483 g/mol. The summed E-state index contributed by atoms with van der Waals surface area (Å²) >= 11 is 0. The summed E-state index contributed by atoms with van der Waals surface area (Å²) in [5.74, 6) is -2.28. The zero-order valence-electron chi connectivity index (χ0n) is 20.9. The number of allylic oxidation sites excluding steroid dienone is 3. The van der Waals surface area contributed by atoms with Gasteiger partial charge in [-0.3, -0.25) is 9.59 Å². The number of benzene rings is 1. The van der Waals surface area contributed by atoms with Gasteiger partial charge in [0.25, 0.3) is 0 Å². The van der Waals surface area contributed by atoms with Crippen molar-refractivity contribution in [2.75, 3.05) is 21.3 Å². The fourth-order valence-corrected chi connectivity index (χ4v) is 5.54. The first-order valence-corrected chi connectivity index (χ1v) is 12.1. The van der Waals surface area contributed by atoms with Crippen molar-refractivity contribution in [3.8, 4) is 11.5 Å². The number of dihydropyridines is 1. The van der Waals surface area contributed by atoms with Gasteiger partial charge in [0.15, 0.2) is 5.78 Å². The Bertz CT molecular complexity index is 1100. The molecule has 1 aromatic rings. The van der Waals surface area contributed by atoms with Gasteiger partial charge in [0.1, 0.15) is 23.5 Å². The molecule has 0 radical (unpaired) electrons. The van der Waals surface area contributed by atoms with Gasteiger partial charge >= 0.3 is 11.9 Å². The molecule has 188 valence electrons. The van der Waals surface area contributed by atoms with E-state index in [-0.39, 0.29) is 17.8 Å². The van der Waals surface area contributed by atoms with Gasteiger partial charge < -0.3 is 24.3 Å². The molecule has 35 heavy (non-hydrogen) atoms. The van der Waals surface area contributed by atoms with Crippen molar-refractivity contribution < 1.29 is 33.3 Å². The highest BCUT2D eigenvalue weighted by molar-refractivity contribution is 6.12. The Balaban J connectivity index is 1.86. The van der Waals surface area contributed by atoms with Crippen LogP contribution in [0.3, 0.4) is 0 Å². The molecule has 0 saturated heterocycles. The number of ether oxygens (including phenoxy) is 4. The predicted octanol–water partition coefficient (Wildman–Crippen LogP) is 3.80. The molecule has 1 aliphatic heterocycles. The van der Waals surface area contributed by atoms with Crippen LogP contribution in [0.25, 0.3) is 0 Å². The van der Waals surface area contributed by atoms with Crippen LogP contribution in [0.15, 0.2) is 40.7 Å². The minimum Gasteiger partial charge on any atom is -0.497 e. The number of nitrogens with one attached hydrogen (secondary N) is 1. The number of hydrogen-bond donors (Lipinski definition) is 1. The predicted molar refractivity (Wildman–Crippen MR) is 128 cm³/mol. The van der Waals surface area contributed by atoms with E-state index in [1.807, 2.05) is 13.8 Å². The molecular formula is C27H33NO7. The Morgan fingerprint density at radius 2 is 1.77 bits per heavy atom. The number of carbonyl (C=O) groups is 3. The molecule has 0 amide bonds. The van der Waals surface area contributed by atoms with Crippen LogP contribution < -0.4 is 14.8 Å². The highest BCUT2D eigenvalue weighted by Crippen LogP contribution is 2.48. The Morgan fingerprint density at radius 3 is 2.40 bits per heavy atom. The molecule has 0 spiro atoms. The van der Waals surface area contributed by atoms with Gasteiger partial charge in [-0.05, 0) is 51.0 Å². The number of esters is 2. The average Bonchev–Trinajstić information content (AvgIpc) is 3.35. The van der Waals surface area contributed by atoms with Gasteiger partial charge in [-0.15, -0.1) is 0 Å². The molecule has 8 nitrogen and oxygen atoms in total. The summed E-state index contributed by atoms with van der Waals surface area (Å²) in [7, 11) is 4.37. The fraction of sp³-hybridized carbons (Fsp3) is 0.519. The lowest BCUT2D eigenvalue weighted by Gasteiger charge is -2.38. The third kappa shape index (κ3) is 4.54. The van der Waals surface area contributed by atoms with Crippen molar-refractivity contribution >= 4 is 17.7 Å². The van der Waals surface area contributed by atoms with Crippen LogP contribution >= 0.6 is 0 Å². The van der Waals surface area contributed by atoms with Crippen molar-refractivity contribution in [2.24, 2.45) is 11.8 Å². The maximum atomic E-state index is 13.9. The maximum Gasteiger partial charge on any atom is 0.337 e. The summed E-state index contributed by atoms with van der Waals surface area (Å²) < 4.78 is 21.9. The Morgan fingerprint density at radius 1 is 1.06 bits per heavy atom. The van der Waals surface area contributed by atoms with Gasteiger partial charge in [-0.2, -0.15) is 0 Å². The number of rotatable bonds is 6.